The summed E-state index contributed by atoms with van der Waals surface area (Å²) in [7, 11) is 0. The van der Waals surface area contributed by atoms with Gasteiger partial charge in [0.1, 0.15) is 0 Å². The number of aliphatic hydroxyl groups is 1. The Morgan fingerprint density at radius 3 is 1.87 bits per heavy atom. The summed E-state index contributed by atoms with van der Waals surface area (Å²) in [6.45, 7) is 7.93. The molecular formula is C39H60N2O6. The van der Waals surface area contributed by atoms with Crippen molar-refractivity contribution in [1.82, 2.24) is 10.2 Å². The number of aliphatic hydroxyl groups excluding tert-OH is 1. The molecule has 262 valence electrons. The molecule has 1 amide bonds. The second-order valence-electron chi connectivity index (χ2n) is 13.1. The van der Waals surface area contributed by atoms with Crippen LogP contribution in [0.5, 0.6) is 0 Å². The summed E-state index contributed by atoms with van der Waals surface area (Å²) in [5.74, 6) is -1.26. The third-order valence-electron chi connectivity index (χ3n) is 9.04. The van der Waals surface area contributed by atoms with Crippen molar-refractivity contribution in [2.45, 2.75) is 142 Å². The molecule has 0 bridgehead atoms. The minimum Gasteiger partial charge on any atom is -0.481 e. The van der Waals surface area contributed by atoms with Crippen LogP contribution in [0.15, 0.2) is 48.5 Å². The molecule has 1 aliphatic heterocycles. The van der Waals surface area contributed by atoms with Crippen LogP contribution in [0.1, 0.15) is 145 Å². The first-order chi connectivity index (χ1) is 22.9. The normalized spacial score (nSPS) is 18.0. The maximum Gasteiger partial charge on any atom is 0.303 e. The summed E-state index contributed by atoms with van der Waals surface area (Å²) < 4.78 is 13.3. The lowest BCUT2D eigenvalue weighted by molar-refractivity contribution is -0.253. The van der Waals surface area contributed by atoms with E-state index in [1.165, 1.54) is 77.0 Å². The Labute approximate surface area is 283 Å². The molecule has 0 radical (unpaired) electrons. The predicted octanol–water partition coefficient (Wildman–Crippen LogP) is 8.23. The number of amides is 1. The van der Waals surface area contributed by atoms with Crippen molar-refractivity contribution in [3.8, 4) is 0 Å². The summed E-state index contributed by atoms with van der Waals surface area (Å²) in [6.07, 6.45) is 15.3. The van der Waals surface area contributed by atoms with Crippen LogP contribution in [-0.4, -0.2) is 52.7 Å². The first kappa shape index (κ1) is 38.7. The van der Waals surface area contributed by atoms with Crippen LogP contribution in [0.3, 0.4) is 0 Å². The molecule has 8 nitrogen and oxygen atoms in total. The highest BCUT2D eigenvalue weighted by atomic mass is 16.7. The monoisotopic (exact) mass is 652 g/mol. The number of carboxylic acid groups (broad SMARTS) is 1. The van der Waals surface area contributed by atoms with Crippen molar-refractivity contribution >= 4 is 11.9 Å². The highest BCUT2D eigenvalue weighted by molar-refractivity contribution is 5.80. The SMILES string of the molecule is CCCCCCCCN(CCCCCCCC)C[C@H]1C[C@@H](c2ccc(CO)cc2)O[C@@H](c2ccc(CNC(=O)CCC(=O)O)cc2)O1. The Bertz CT molecular complexity index is 1120. The number of ether oxygens (including phenoxy) is 2. The van der Waals surface area contributed by atoms with Crippen molar-refractivity contribution in [3.05, 3.63) is 70.8 Å². The van der Waals surface area contributed by atoms with Crippen molar-refractivity contribution < 1.29 is 29.3 Å². The fourth-order valence-corrected chi connectivity index (χ4v) is 6.15. The average molecular weight is 653 g/mol. The highest BCUT2D eigenvalue weighted by Crippen LogP contribution is 2.38. The maximum atomic E-state index is 12.0. The minimum atomic E-state index is -0.981. The van der Waals surface area contributed by atoms with Crippen LogP contribution in [0.4, 0.5) is 0 Å². The Morgan fingerprint density at radius 2 is 1.30 bits per heavy atom. The van der Waals surface area contributed by atoms with Gasteiger partial charge < -0.3 is 29.9 Å². The van der Waals surface area contributed by atoms with Crippen molar-refractivity contribution in [2.24, 2.45) is 0 Å². The lowest BCUT2D eigenvalue weighted by Crippen LogP contribution is -2.40. The summed E-state index contributed by atoms with van der Waals surface area (Å²) in [4.78, 5) is 25.4. The topological polar surface area (TPSA) is 108 Å². The molecule has 3 rings (SSSR count). The van der Waals surface area contributed by atoms with Crippen LogP contribution < -0.4 is 5.32 Å². The Balaban J connectivity index is 1.68. The van der Waals surface area contributed by atoms with E-state index in [0.717, 1.165) is 48.3 Å². The molecule has 2 aromatic rings. The van der Waals surface area contributed by atoms with Gasteiger partial charge in [0.05, 0.1) is 25.2 Å². The zero-order valence-corrected chi connectivity index (χ0v) is 29.0. The molecule has 1 saturated heterocycles. The summed E-state index contributed by atoms with van der Waals surface area (Å²) in [6, 6.07) is 15.9. The number of carboxylic acids is 1. The van der Waals surface area contributed by atoms with Gasteiger partial charge in [0.2, 0.25) is 5.91 Å². The minimum absolute atomic E-state index is 0.00431. The number of hydrogen-bond donors (Lipinski definition) is 3. The zero-order valence-electron chi connectivity index (χ0n) is 29.0. The molecule has 1 aliphatic rings. The largest absolute Gasteiger partial charge is 0.481 e. The van der Waals surface area contributed by atoms with Gasteiger partial charge in [-0.2, -0.15) is 0 Å². The summed E-state index contributed by atoms with van der Waals surface area (Å²) in [5, 5.41) is 21.2. The Kier molecular flexibility index (Phi) is 18.7. The van der Waals surface area contributed by atoms with Gasteiger partial charge in [-0.1, -0.05) is 127 Å². The van der Waals surface area contributed by atoms with Gasteiger partial charge in [-0.05, 0) is 42.6 Å². The van der Waals surface area contributed by atoms with Gasteiger partial charge in [0, 0.05) is 31.5 Å². The van der Waals surface area contributed by atoms with Gasteiger partial charge in [-0.3, -0.25) is 9.59 Å². The number of rotatable bonds is 24. The molecule has 0 unspecified atom stereocenters. The van der Waals surface area contributed by atoms with Gasteiger partial charge >= 0.3 is 5.97 Å². The number of carbonyl (C=O) groups excluding carboxylic acids is 1. The smallest absolute Gasteiger partial charge is 0.303 e. The lowest BCUT2D eigenvalue weighted by atomic mass is 9.99. The van der Waals surface area contributed by atoms with Crippen LogP contribution >= 0.6 is 0 Å². The lowest BCUT2D eigenvalue weighted by Gasteiger charge is -2.38. The maximum absolute atomic E-state index is 12.0. The van der Waals surface area contributed by atoms with E-state index < -0.39 is 12.3 Å². The van der Waals surface area contributed by atoms with Crippen molar-refractivity contribution in [1.29, 1.82) is 0 Å². The fourth-order valence-electron chi connectivity index (χ4n) is 6.15. The van der Waals surface area contributed by atoms with Crippen molar-refractivity contribution in [3.63, 3.8) is 0 Å². The number of nitrogens with zero attached hydrogens (tertiary/aromatic N) is 1. The fraction of sp³-hybridized carbons (Fsp3) is 0.641. The molecule has 2 aromatic carbocycles. The predicted molar refractivity (Wildman–Crippen MR) is 187 cm³/mol. The quantitative estimate of drug-likeness (QED) is 0.0981. The molecule has 3 N–H and O–H groups in total. The van der Waals surface area contributed by atoms with E-state index in [2.05, 4.69) is 36.2 Å². The molecule has 1 heterocycles. The first-order valence-electron chi connectivity index (χ1n) is 18.2. The van der Waals surface area contributed by atoms with Crippen LogP contribution in [0.2, 0.25) is 0 Å². The molecule has 0 spiro atoms. The van der Waals surface area contributed by atoms with E-state index in [0.29, 0.717) is 6.54 Å². The van der Waals surface area contributed by atoms with E-state index >= 15 is 0 Å². The number of benzene rings is 2. The number of unbranched alkanes of at least 4 members (excludes halogenated alkanes) is 10. The standard InChI is InChI=1S/C39H60N2O6/c1-3-5-7-9-11-13-25-41(26-14-12-10-8-6-4-2)29-35-27-36(33-19-17-32(30-42)18-20-33)47-39(46-35)34-21-15-31(16-22-34)28-40-37(43)23-24-38(44)45/h15-22,35-36,39,42H,3-14,23-30H2,1-2H3,(H,40,43)(H,44,45)/t35-,36+,39+/m1/s1. The zero-order chi connectivity index (χ0) is 33.7. The number of hydrogen-bond acceptors (Lipinski definition) is 6. The second kappa shape index (κ2) is 22.7. The molecule has 1 fully saturated rings. The van der Waals surface area contributed by atoms with E-state index in [1.54, 1.807) is 0 Å². The number of aliphatic carboxylic acids is 1. The Morgan fingerprint density at radius 1 is 0.745 bits per heavy atom. The second-order valence-corrected chi connectivity index (χ2v) is 13.1. The third kappa shape index (κ3) is 15.3. The van der Waals surface area contributed by atoms with Crippen LogP contribution in [0.25, 0.3) is 0 Å². The van der Waals surface area contributed by atoms with Crippen LogP contribution in [0, 0.1) is 0 Å². The van der Waals surface area contributed by atoms with Gasteiger partial charge in [0.15, 0.2) is 6.29 Å². The molecule has 0 aliphatic carbocycles. The first-order valence-corrected chi connectivity index (χ1v) is 18.2. The van der Waals surface area contributed by atoms with E-state index in [-0.39, 0.29) is 37.6 Å². The van der Waals surface area contributed by atoms with Gasteiger partial charge in [0.25, 0.3) is 0 Å². The summed E-state index contributed by atoms with van der Waals surface area (Å²) >= 11 is 0. The van der Waals surface area contributed by atoms with Gasteiger partial charge in [-0.15, -0.1) is 0 Å². The average Bonchev–Trinajstić information content (AvgIpc) is 3.09. The van der Waals surface area contributed by atoms with E-state index in [1.807, 2.05) is 36.4 Å². The molecule has 0 saturated carbocycles. The van der Waals surface area contributed by atoms with E-state index in [9.17, 15) is 14.7 Å². The van der Waals surface area contributed by atoms with Crippen LogP contribution in [-0.2, 0) is 32.2 Å². The molecule has 3 atom stereocenters. The van der Waals surface area contributed by atoms with Crippen molar-refractivity contribution in [2.75, 3.05) is 19.6 Å². The third-order valence-corrected chi connectivity index (χ3v) is 9.04. The summed E-state index contributed by atoms with van der Waals surface area (Å²) in [5.41, 5.74) is 3.80. The molecule has 0 aromatic heterocycles. The number of nitrogens with one attached hydrogen (secondary N) is 1. The van der Waals surface area contributed by atoms with Gasteiger partial charge in [-0.25, -0.2) is 0 Å². The molecule has 8 heteroatoms. The highest BCUT2D eigenvalue weighted by Gasteiger charge is 2.33. The molecular weight excluding hydrogens is 592 g/mol. The number of carbonyl (C=O) groups is 2. The Hall–Kier alpha value is -2.78. The molecule has 47 heavy (non-hydrogen) atoms. The van der Waals surface area contributed by atoms with E-state index in [4.69, 9.17) is 14.6 Å².